The zero-order valence-electron chi connectivity index (χ0n) is 12.7. The third-order valence-corrected chi connectivity index (χ3v) is 6.93. The van der Waals surface area contributed by atoms with Crippen molar-refractivity contribution in [3.05, 3.63) is 68.9 Å². The van der Waals surface area contributed by atoms with Crippen molar-refractivity contribution >= 4 is 20.2 Å². The minimum atomic E-state index is -4.56. The van der Waals surface area contributed by atoms with Gasteiger partial charge < -0.3 is 5.11 Å². The first-order chi connectivity index (χ1) is 11.6. The van der Waals surface area contributed by atoms with E-state index in [2.05, 4.69) is 0 Å². The average molecular weight is 382 g/mol. The zero-order chi connectivity index (χ0) is 18.1. The number of hydrogen-bond acceptors (Lipinski definition) is 5. The van der Waals surface area contributed by atoms with Crippen LogP contribution in [-0.2, 0) is 20.2 Å². The van der Waals surface area contributed by atoms with E-state index in [9.17, 15) is 31.0 Å². The molecule has 7 nitrogen and oxygen atoms in total. The molecule has 2 unspecified atom stereocenters. The molecule has 0 heterocycles. The number of rotatable bonds is 2. The minimum absolute atomic E-state index is 0.236. The summed E-state index contributed by atoms with van der Waals surface area (Å²) in [5, 5.41) is 9.01. The Kier molecular flexibility index (Phi) is 3.33. The van der Waals surface area contributed by atoms with E-state index in [0.717, 1.165) is 11.6 Å². The Bertz CT molecular complexity index is 1090. The molecule has 0 aliphatic heterocycles. The molecule has 4 aliphatic carbocycles. The predicted molar refractivity (Wildman–Crippen MR) is 89.7 cm³/mol. The van der Waals surface area contributed by atoms with E-state index in [1.54, 1.807) is 6.08 Å². The summed E-state index contributed by atoms with van der Waals surface area (Å²) in [5.74, 6) is -0.889. The van der Waals surface area contributed by atoms with Crippen LogP contribution in [0.4, 0.5) is 0 Å². The van der Waals surface area contributed by atoms with Crippen molar-refractivity contribution in [3.63, 3.8) is 0 Å². The van der Waals surface area contributed by atoms with E-state index in [4.69, 9.17) is 0 Å². The van der Waals surface area contributed by atoms with Crippen molar-refractivity contribution in [2.24, 2.45) is 5.92 Å². The molecule has 0 saturated carbocycles. The van der Waals surface area contributed by atoms with Crippen LogP contribution in [0, 0.1) is 5.92 Å². The summed E-state index contributed by atoms with van der Waals surface area (Å²) in [7, 11) is -8.95. The van der Waals surface area contributed by atoms with Crippen LogP contribution in [-0.4, -0.2) is 36.3 Å². The van der Waals surface area contributed by atoms with Crippen LogP contribution in [0.2, 0.25) is 0 Å². The Balaban J connectivity index is 2.02. The van der Waals surface area contributed by atoms with E-state index in [1.807, 2.05) is 0 Å². The summed E-state index contributed by atoms with van der Waals surface area (Å²) in [5.41, 5.74) is 2.62. The van der Waals surface area contributed by atoms with Gasteiger partial charge in [0.1, 0.15) is 15.9 Å². The van der Waals surface area contributed by atoms with E-state index < -0.39 is 36.3 Å². The lowest BCUT2D eigenvalue weighted by Gasteiger charge is -2.40. The molecule has 0 aromatic carbocycles. The minimum Gasteiger partial charge on any atom is -0.508 e. The number of hydrogen-bond donors (Lipinski definition) is 3. The van der Waals surface area contributed by atoms with Gasteiger partial charge in [-0.2, -0.15) is 16.8 Å². The highest BCUT2D eigenvalue weighted by atomic mass is 32.2. The summed E-state index contributed by atoms with van der Waals surface area (Å²) in [6.45, 7) is 0. The average Bonchev–Trinajstić information content (AvgIpc) is 2.51. The lowest BCUT2D eigenvalue weighted by Crippen LogP contribution is -2.34. The molecule has 0 amide bonds. The maximum Gasteiger partial charge on any atom is 0.294 e. The number of allylic oxidation sites excluding steroid dienone is 8. The lowest BCUT2D eigenvalue weighted by atomic mass is 9.66. The molecule has 0 bridgehead atoms. The maximum atomic E-state index is 11.7. The second-order valence-corrected chi connectivity index (χ2v) is 9.23. The van der Waals surface area contributed by atoms with Gasteiger partial charge in [-0.05, 0) is 40.7 Å². The van der Waals surface area contributed by atoms with Crippen LogP contribution in [0.1, 0.15) is 12.8 Å². The predicted octanol–water partition coefficient (Wildman–Crippen LogP) is 1.98. The lowest BCUT2D eigenvalue weighted by molar-refractivity contribution is 0.408. The van der Waals surface area contributed by atoms with Gasteiger partial charge in [-0.15, -0.1) is 0 Å². The summed E-state index contributed by atoms with van der Waals surface area (Å²) >= 11 is 0. The third kappa shape index (κ3) is 2.38. The molecule has 0 fully saturated rings. The SMILES string of the molecule is O=S(=O)(O)C1=CC(O)=C2CCC3=C4C(=CC=C1C24)C(S(=O)(=O)O)C=C3. The molecule has 0 saturated heterocycles. The number of aliphatic hydroxyl groups excluding tert-OH is 1. The zero-order valence-corrected chi connectivity index (χ0v) is 14.4. The Morgan fingerprint density at radius 3 is 2.32 bits per heavy atom. The fourth-order valence-electron chi connectivity index (χ4n) is 3.98. The summed E-state index contributed by atoms with van der Waals surface area (Å²) in [4.78, 5) is -0.402. The van der Waals surface area contributed by atoms with Crippen molar-refractivity contribution in [3.8, 4) is 0 Å². The molecular weight excluding hydrogens is 368 g/mol. The van der Waals surface area contributed by atoms with Gasteiger partial charge in [0.05, 0.1) is 0 Å². The van der Waals surface area contributed by atoms with Crippen LogP contribution >= 0.6 is 0 Å². The summed E-state index contributed by atoms with van der Waals surface area (Å²) < 4.78 is 65.8. The van der Waals surface area contributed by atoms with Gasteiger partial charge in [0.25, 0.3) is 20.2 Å². The molecule has 0 aromatic heterocycles. The first-order valence-electron chi connectivity index (χ1n) is 7.50. The van der Waals surface area contributed by atoms with Gasteiger partial charge in [-0.3, -0.25) is 9.11 Å². The molecule has 0 spiro atoms. The van der Waals surface area contributed by atoms with Gasteiger partial charge >= 0.3 is 0 Å². The summed E-state index contributed by atoms with van der Waals surface area (Å²) in [6, 6.07) is 0. The first-order valence-corrected chi connectivity index (χ1v) is 10.4. The van der Waals surface area contributed by atoms with E-state index >= 15 is 0 Å². The van der Waals surface area contributed by atoms with Crippen LogP contribution in [0.3, 0.4) is 0 Å². The van der Waals surface area contributed by atoms with Crippen molar-refractivity contribution in [2.45, 2.75) is 18.1 Å². The standard InChI is InChI=1S/C16H14O7S2/c17-12-7-14(25(21,22)23)11-5-4-10-13(24(18,19)20)6-2-8-1-3-9(12)16(11)15(8)10/h2,4-7,13,16-17H,1,3H2,(H,18,19,20)(H,21,22,23). The van der Waals surface area contributed by atoms with Crippen molar-refractivity contribution in [1.82, 2.24) is 0 Å². The molecule has 2 atom stereocenters. The van der Waals surface area contributed by atoms with Crippen molar-refractivity contribution < 1.29 is 31.0 Å². The normalized spacial score (nSPS) is 28.3. The molecule has 25 heavy (non-hydrogen) atoms. The van der Waals surface area contributed by atoms with Crippen molar-refractivity contribution in [2.75, 3.05) is 0 Å². The largest absolute Gasteiger partial charge is 0.508 e. The van der Waals surface area contributed by atoms with Gasteiger partial charge in [0, 0.05) is 12.0 Å². The molecule has 0 aromatic rings. The maximum absolute atomic E-state index is 11.7. The Hall–Kier alpha value is -1.94. The Morgan fingerprint density at radius 1 is 1.00 bits per heavy atom. The fraction of sp³-hybridized carbons (Fsp3) is 0.250. The van der Waals surface area contributed by atoms with Gasteiger partial charge in [0.15, 0.2) is 0 Å². The fourth-order valence-corrected chi connectivity index (χ4v) is 5.53. The molecule has 0 radical (unpaired) electrons. The topological polar surface area (TPSA) is 129 Å². The molecule has 9 heteroatoms. The Morgan fingerprint density at radius 2 is 1.68 bits per heavy atom. The van der Waals surface area contributed by atoms with Crippen molar-refractivity contribution in [1.29, 1.82) is 0 Å². The highest BCUT2D eigenvalue weighted by Gasteiger charge is 2.44. The van der Waals surface area contributed by atoms with Crippen LogP contribution in [0.15, 0.2) is 68.9 Å². The second-order valence-electron chi connectivity index (χ2n) is 6.30. The molecule has 4 aliphatic rings. The smallest absolute Gasteiger partial charge is 0.294 e. The van der Waals surface area contributed by atoms with E-state index in [1.165, 1.54) is 18.2 Å². The van der Waals surface area contributed by atoms with Crippen LogP contribution in [0.25, 0.3) is 0 Å². The first kappa shape index (κ1) is 16.5. The molecular formula is C16H14O7S2. The van der Waals surface area contributed by atoms with Gasteiger partial charge in [0.2, 0.25) is 0 Å². The van der Waals surface area contributed by atoms with Gasteiger partial charge in [-0.1, -0.05) is 24.3 Å². The third-order valence-electron chi connectivity index (χ3n) is 4.97. The monoisotopic (exact) mass is 382 g/mol. The quantitative estimate of drug-likeness (QED) is 0.623. The second kappa shape index (κ2) is 5.04. The Labute approximate surface area is 144 Å². The highest BCUT2D eigenvalue weighted by Crippen LogP contribution is 2.52. The van der Waals surface area contributed by atoms with Crippen LogP contribution < -0.4 is 0 Å². The molecule has 4 rings (SSSR count). The van der Waals surface area contributed by atoms with E-state index in [0.29, 0.717) is 29.6 Å². The van der Waals surface area contributed by atoms with Crippen LogP contribution in [0.5, 0.6) is 0 Å². The van der Waals surface area contributed by atoms with Gasteiger partial charge in [-0.25, -0.2) is 0 Å². The van der Waals surface area contributed by atoms with E-state index in [-0.39, 0.29) is 11.3 Å². The molecule has 132 valence electrons. The highest BCUT2D eigenvalue weighted by molar-refractivity contribution is 7.90. The molecule has 3 N–H and O–H groups in total. The summed E-state index contributed by atoms with van der Waals surface area (Å²) in [6.07, 6.45) is 7.96. The number of aliphatic hydroxyl groups is 1.